The minimum absolute atomic E-state index is 0. The van der Waals surface area contributed by atoms with E-state index in [0.29, 0.717) is 0 Å². The zero-order valence-corrected chi connectivity index (χ0v) is 15.2. The van der Waals surface area contributed by atoms with Crippen LogP contribution in [0.1, 0.15) is 42.5 Å². The molecule has 0 heterocycles. The van der Waals surface area contributed by atoms with Crippen LogP contribution in [0.25, 0.3) is 0 Å². The minimum Gasteiger partial charge on any atom is -0.496 e. The lowest BCUT2D eigenvalue weighted by Gasteiger charge is -2.33. The number of nitrogens with two attached hydrogens (primary N) is 2. The Morgan fingerprint density at radius 2 is 1.92 bits per heavy atom. The van der Waals surface area contributed by atoms with Gasteiger partial charge in [0, 0.05) is 12.1 Å². The maximum atomic E-state index is 12.4. The summed E-state index contributed by atoms with van der Waals surface area (Å²) >= 11 is 0. The van der Waals surface area contributed by atoms with Gasteiger partial charge in [0.05, 0.1) is 17.6 Å². The average Bonchev–Trinajstić information content (AvgIpc) is 2.53. The molecule has 1 aliphatic carbocycles. The van der Waals surface area contributed by atoms with Crippen molar-refractivity contribution in [2.24, 2.45) is 11.5 Å². The van der Waals surface area contributed by atoms with E-state index in [4.69, 9.17) is 16.2 Å². The van der Waals surface area contributed by atoms with Gasteiger partial charge in [-0.1, -0.05) is 19.3 Å². The van der Waals surface area contributed by atoms with E-state index < -0.39 is 21.5 Å². The predicted octanol–water partition coefficient (Wildman–Crippen LogP) is 1.16. The highest BCUT2D eigenvalue weighted by Gasteiger charge is 2.29. The Morgan fingerprint density at radius 3 is 2.46 bits per heavy atom. The summed E-state index contributed by atoms with van der Waals surface area (Å²) in [5.74, 6) is -0.513. The predicted molar refractivity (Wildman–Crippen MR) is 94.0 cm³/mol. The number of hydrogen-bond acceptors (Lipinski definition) is 5. The highest BCUT2D eigenvalue weighted by atomic mass is 35.5. The first-order chi connectivity index (χ1) is 10.8. The number of amides is 1. The molecule has 136 valence electrons. The largest absolute Gasteiger partial charge is 0.496 e. The Bertz CT molecular complexity index is 688. The zero-order valence-electron chi connectivity index (χ0n) is 13.6. The molecule has 0 saturated heterocycles. The van der Waals surface area contributed by atoms with Crippen LogP contribution in [0, 0.1) is 0 Å². The van der Waals surface area contributed by atoms with Crippen LogP contribution in [0.15, 0.2) is 23.1 Å². The maximum Gasteiger partial charge on any atom is 0.252 e. The number of carbonyl (C=O) groups excluding carboxylic acids is 1. The van der Waals surface area contributed by atoms with Crippen LogP contribution in [0.5, 0.6) is 5.75 Å². The molecule has 0 aliphatic heterocycles. The lowest BCUT2D eigenvalue weighted by atomic mass is 9.83. The lowest BCUT2D eigenvalue weighted by Crippen LogP contribution is -2.51. The van der Waals surface area contributed by atoms with Crippen molar-refractivity contribution in [3.05, 3.63) is 23.8 Å². The van der Waals surface area contributed by atoms with Crippen LogP contribution in [-0.2, 0) is 10.0 Å². The summed E-state index contributed by atoms with van der Waals surface area (Å²) in [5, 5.41) is 0. The van der Waals surface area contributed by atoms with Gasteiger partial charge in [-0.2, -0.15) is 0 Å². The molecule has 0 radical (unpaired) electrons. The van der Waals surface area contributed by atoms with Gasteiger partial charge in [0.25, 0.3) is 5.91 Å². The van der Waals surface area contributed by atoms with E-state index in [2.05, 4.69) is 4.72 Å². The number of halogens is 1. The number of carbonyl (C=O) groups is 1. The van der Waals surface area contributed by atoms with Gasteiger partial charge in [-0.3, -0.25) is 4.79 Å². The molecule has 1 aliphatic rings. The second kappa shape index (κ2) is 8.15. The Morgan fingerprint density at radius 1 is 1.29 bits per heavy atom. The fourth-order valence-corrected chi connectivity index (χ4v) is 3.97. The Balaban J connectivity index is 0.00000288. The molecule has 1 fully saturated rings. The summed E-state index contributed by atoms with van der Waals surface area (Å²) in [6, 6.07) is 4.00. The van der Waals surface area contributed by atoms with Crippen LogP contribution in [0.4, 0.5) is 0 Å². The number of sulfonamides is 1. The highest BCUT2D eigenvalue weighted by Crippen LogP contribution is 2.26. The van der Waals surface area contributed by atoms with Crippen molar-refractivity contribution < 1.29 is 17.9 Å². The number of rotatable bonds is 6. The lowest BCUT2D eigenvalue weighted by molar-refractivity contribution is 0.0997. The van der Waals surface area contributed by atoms with Gasteiger partial charge in [-0.25, -0.2) is 13.1 Å². The molecule has 7 nitrogen and oxygen atoms in total. The van der Waals surface area contributed by atoms with E-state index in [1.54, 1.807) is 0 Å². The van der Waals surface area contributed by atoms with E-state index in [-0.39, 0.29) is 35.2 Å². The van der Waals surface area contributed by atoms with E-state index in [9.17, 15) is 13.2 Å². The molecule has 1 amide bonds. The fraction of sp³-hybridized carbons (Fsp3) is 0.533. The smallest absolute Gasteiger partial charge is 0.252 e. The van der Waals surface area contributed by atoms with Gasteiger partial charge < -0.3 is 16.2 Å². The number of primary amides is 1. The molecule has 0 spiro atoms. The number of ether oxygens (including phenoxy) is 1. The maximum absolute atomic E-state index is 12.4. The first-order valence-electron chi connectivity index (χ1n) is 7.54. The first kappa shape index (κ1) is 20.7. The molecule has 1 saturated carbocycles. The van der Waals surface area contributed by atoms with Gasteiger partial charge in [0.15, 0.2) is 0 Å². The van der Waals surface area contributed by atoms with Crippen molar-refractivity contribution in [2.75, 3.05) is 13.7 Å². The van der Waals surface area contributed by atoms with Crippen molar-refractivity contribution in [2.45, 2.75) is 42.5 Å². The third kappa shape index (κ3) is 4.83. The number of benzene rings is 1. The highest BCUT2D eigenvalue weighted by molar-refractivity contribution is 7.89. The van der Waals surface area contributed by atoms with Crippen LogP contribution in [0.2, 0.25) is 0 Å². The van der Waals surface area contributed by atoms with Crippen molar-refractivity contribution >= 4 is 28.3 Å². The van der Waals surface area contributed by atoms with Gasteiger partial charge >= 0.3 is 0 Å². The minimum atomic E-state index is -3.77. The average molecular weight is 378 g/mol. The molecule has 1 aromatic carbocycles. The molecule has 9 heteroatoms. The van der Waals surface area contributed by atoms with E-state index >= 15 is 0 Å². The third-order valence-corrected chi connectivity index (χ3v) is 5.61. The summed E-state index contributed by atoms with van der Waals surface area (Å²) in [4.78, 5) is 11.4. The SMILES string of the molecule is COc1ccc(S(=O)(=O)NCC2(N)CCCCC2)cc1C(N)=O.Cl. The molecule has 1 aromatic rings. The summed E-state index contributed by atoms with van der Waals surface area (Å²) in [6.07, 6.45) is 4.74. The van der Waals surface area contributed by atoms with Crippen molar-refractivity contribution in [3.63, 3.8) is 0 Å². The fourth-order valence-electron chi connectivity index (χ4n) is 2.80. The zero-order chi connectivity index (χ0) is 17.1. The van der Waals surface area contributed by atoms with Crippen molar-refractivity contribution in [1.29, 1.82) is 0 Å². The van der Waals surface area contributed by atoms with Gasteiger partial charge in [-0.15, -0.1) is 12.4 Å². The molecule has 0 unspecified atom stereocenters. The molecule has 0 atom stereocenters. The van der Waals surface area contributed by atoms with E-state index in [0.717, 1.165) is 32.1 Å². The monoisotopic (exact) mass is 377 g/mol. The number of methoxy groups -OCH3 is 1. The summed E-state index contributed by atoms with van der Waals surface area (Å²) in [7, 11) is -2.39. The Kier molecular flexibility index (Phi) is 7.03. The molecule has 0 bridgehead atoms. The summed E-state index contributed by atoms with van der Waals surface area (Å²) in [6.45, 7) is 0.174. The Hall–Kier alpha value is -1.35. The van der Waals surface area contributed by atoms with Crippen molar-refractivity contribution in [1.82, 2.24) is 4.72 Å². The quantitative estimate of drug-likeness (QED) is 0.685. The third-order valence-electron chi connectivity index (χ3n) is 4.21. The first-order valence-corrected chi connectivity index (χ1v) is 9.02. The molecular weight excluding hydrogens is 354 g/mol. The van der Waals surface area contributed by atoms with Gasteiger partial charge in [-0.05, 0) is 31.0 Å². The normalized spacial score (nSPS) is 16.9. The second-order valence-corrected chi connectivity index (χ2v) is 7.74. The van der Waals surface area contributed by atoms with Crippen molar-refractivity contribution in [3.8, 4) is 5.75 Å². The van der Waals surface area contributed by atoms with Crippen LogP contribution in [0.3, 0.4) is 0 Å². The van der Waals surface area contributed by atoms with Gasteiger partial charge in [0.1, 0.15) is 5.75 Å². The van der Waals surface area contributed by atoms with E-state index in [1.165, 1.54) is 25.3 Å². The van der Waals surface area contributed by atoms with E-state index in [1.807, 2.05) is 0 Å². The number of nitrogens with one attached hydrogen (secondary N) is 1. The number of hydrogen-bond donors (Lipinski definition) is 3. The molecular formula is C15H24ClN3O4S. The van der Waals surface area contributed by atoms with Crippen LogP contribution in [-0.4, -0.2) is 33.5 Å². The molecule has 0 aromatic heterocycles. The van der Waals surface area contributed by atoms with Crippen LogP contribution >= 0.6 is 12.4 Å². The Labute approximate surface area is 148 Å². The second-order valence-electron chi connectivity index (χ2n) is 5.97. The summed E-state index contributed by atoms with van der Waals surface area (Å²) < 4.78 is 32.4. The molecule has 5 N–H and O–H groups in total. The van der Waals surface area contributed by atoms with Crippen LogP contribution < -0.4 is 20.9 Å². The molecule has 24 heavy (non-hydrogen) atoms. The summed E-state index contributed by atoms with van der Waals surface area (Å²) in [5.41, 5.74) is 11.0. The topological polar surface area (TPSA) is 125 Å². The molecule has 2 rings (SSSR count). The standard InChI is InChI=1S/C15H23N3O4S.ClH/c1-22-13-6-5-11(9-12(13)14(16)19)23(20,21)18-10-15(17)7-3-2-4-8-15;/h5-6,9,18H,2-4,7-8,10,17H2,1H3,(H2,16,19);1H. The van der Waals surface area contributed by atoms with Gasteiger partial charge in [0.2, 0.25) is 10.0 Å².